The lowest BCUT2D eigenvalue weighted by molar-refractivity contribution is 0.400. The van der Waals surface area contributed by atoms with Gasteiger partial charge >= 0.3 is 0 Å². The van der Waals surface area contributed by atoms with E-state index in [9.17, 15) is 0 Å². The van der Waals surface area contributed by atoms with Crippen molar-refractivity contribution in [3.63, 3.8) is 0 Å². The fourth-order valence-corrected chi connectivity index (χ4v) is 2.49. The van der Waals surface area contributed by atoms with Crippen LogP contribution in [0.4, 0.5) is 0 Å². The lowest BCUT2D eigenvalue weighted by Crippen LogP contribution is -2.25. The van der Waals surface area contributed by atoms with Crippen molar-refractivity contribution in [2.45, 2.75) is 19.8 Å². The summed E-state index contributed by atoms with van der Waals surface area (Å²) in [6.07, 6.45) is 5.59. The van der Waals surface area contributed by atoms with Crippen LogP contribution in [0, 0.1) is 5.92 Å². The molecule has 0 aliphatic carbocycles. The number of para-hydroxylation sites is 1. The van der Waals surface area contributed by atoms with E-state index in [-0.39, 0.29) is 0 Å². The Morgan fingerprint density at radius 3 is 2.75 bits per heavy atom. The highest BCUT2D eigenvalue weighted by atomic mass is 16.5. The molecule has 0 bridgehead atoms. The number of rotatable bonds is 8. The first-order chi connectivity index (χ1) is 9.83. The van der Waals surface area contributed by atoms with Crippen molar-refractivity contribution in [1.82, 2.24) is 5.32 Å². The van der Waals surface area contributed by atoms with Crippen LogP contribution in [-0.2, 0) is 12.8 Å². The molecule has 0 fully saturated rings. The Kier molecular flexibility index (Phi) is 5.69. The summed E-state index contributed by atoms with van der Waals surface area (Å²) in [4.78, 5) is 0. The summed E-state index contributed by atoms with van der Waals surface area (Å²) in [6.45, 7) is 4.13. The second kappa shape index (κ2) is 7.75. The Bertz CT molecular complexity index is 493. The molecule has 3 nitrogen and oxygen atoms in total. The first-order valence-electron chi connectivity index (χ1n) is 7.17. The highest BCUT2D eigenvalue weighted by Crippen LogP contribution is 2.22. The number of benzene rings is 1. The third-order valence-corrected chi connectivity index (χ3v) is 3.49. The van der Waals surface area contributed by atoms with Gasteiger partial charge in [-0.15, -0.1) is 0 Å². The Labute approximate surface area is 121 Å². The number of hydrogen-bond donors (Lipinski definition) is 1. The number of ether oxygens (including phenoxy) is 1. The van der Waals surface area contributed by atoms with E-state index in [1.807, 2.05) is 24.5 Å². The van der Waals surface area contributed by atoms with Gasteiger partial charge in [0.25, 0.3) is 0 Å². The molecule has 0 radical (unpaired) electrons. The van der Waals surface area contributed by atoms with Gasteiger partial charge in [0.1, 0.15) is 5.75 Å². The number of hydrogen-bond acceptors (Lipinski definition) is 3. The fraction of sp³-hybridized carbons (Fsp3) is 0.412. The SMILES string of the molecule is CCNCC(Cc1ccoc1)Cc1ccccc1OC. The average molecular weight is 273 g/mol. The van der Waals surface area contributed by atoms with Crippen molar-refractivity contribution in [2.75, 3.05) is 20.2 Å². The van der Waals surface area contributed by atoms with E-state index in [1.54, 1.807) is 13.4 Å². The second-order valence-electron chi connectivity index (χ2n) is 5.03. The van der Waals surface area contributed by atoms with Crippen LogP contribution in [0.1, 0.15) is 18.1 Å². The minimum Gasteiger partial charge on any atom is -0.496 e. The van der Waals surface area contributed by atoms with Crippen LogP contribution in [0.25, 0.3) is 0 Å². The molecule has 0 amide bonds. The summed E-state index contributed by atoms with van der Waals surface area (Å²) in [5.74, 6) is 1.50. The van der Waals surface area contributed by atoms with Gasteiger partial charge in [-0.1, -0.05) is 25.1 Å². The lowest BCUT2D eigenvalue weighted by atomic mass is 9.93. The summed E-state index contributed by atoms with van der Waals surface area (Å²) in [6, 6.07) is 10.3. The Morgan fingerprint density at radius 1 is 1.20 bits per heavy atom. The first-order valence-corrected chi connectivity index (χ1v) is 7.17. The van der Waals surface area contributed by atoms with Crippen LogP contribution in [0.15, 0.2) is 47.3 Å². The van der Waals surface area contributed by atoms with Crippen LogP contribution < -0.4 is 10.1 Å². The van der Waals surface area contributed by atoms with E-state index in [4.69, 9.17) is 9.15 Å². The van der Waals surface area contributed by atoms with Crippen molar-refractivity contribution >= 4 is 0 Å². The zero-order chi connectivity index (χ0) is 14.2. The summed E-state index contributed by atoms with van der Waals surface area (Å²) in [5, 5.41) is 3.45. The van der Waals surface area contributed by atoms with Gasteiger partial charge in [-0.3, -0.25) is 0 Å². The van der Waals surface area contributed by atoms with Crippen molar-refractivity contribution in [3.8, 4) is 5.75 Å². The van der Waals surface area contributed by atoms with Crippen molar-refractivity contribution in [3.05, 3.63) is 54.0 Å². The molecule has 0 saturated heterocycles. The summed E-state index contributed by atoms with van der Waals surface area (Å²) in [5.41, 5.74) is 2.52. The molecule has 3 heteroatoms. The minimum atomic E-state index is 0.531. The largest absolute Gasteiger partial charge is 0.496 e. The van der Waals surface area contributed by atoms with E-state index in [1.165, 1.54) is 11.1 Å². The molecule has 0 spiro atoms. The highest BCUT2D eigenvalue weighted by molar-refractivity contribution is 5.33. The number of furan rings is 1. The van der Waals surface area contributed by atoms with E-state index >= 15 is 0 Å². The van der Waals surface area contributed by atoms with Gasteiger partial charge < -0.3 is 14.5 Å². The maximum absolute atomic E-state index is 5.45. The fourth-order valence-electron chi connectivity index (χ4n) is 2.49. The molecule has 1 aromatic heterocycles. The molecule has 1 atom stereocenters. The summed E-state index contributed by atoms with van der Waals surface area (Å²) < 4.78 is 10.6. The Morgan fingerprint density at radius 2 is 2.05 bits per heavy atom. The van der Waals surface area contributed by atoms with E-state index in [0.29, 0.717) is 5.92 Å². The van der Waals surface area contributed by atoms with Crippen molar-refractivity contribution in [1.29, 1.82) is 0 Å². The maximum atomic E-state index is 5.45. The monoisotopic (exact) mass is 273 g/mol. The quantitative estimate of drug-likeness (QED) is 0.801. The van der Waals surface area contributed by atoms with E-state index in [0.717, 1.165) is 31.7 Å². The van der Waals surface area contributed by atoms with Gasteiger partial charge in [-0.05, 0) is 55.1 Å². The zero-order valence-corrected chi connectivity index (χ0v) is 12.3. The van der Waals surface area contributed by atoms with Crippen LogP contribution in [0.5, 0.6) is 5.75 Å². The smallest absolute Gasteiger partial charge is 0.122 e. The van der Waals surface area contributed by atoms with Gasteiger partial charge in [0.15, 0.2) is 0 Å². The Balaban J connectivity index is 2.06. The van der Waals surface area contributed by atoms with Gasteiger partial charge in [0, 0.05) is 0 Å². The van der Waals surface area contributed by atoms with Crippen LogP contribution in [-0.4, -0.2) is 20.2 Å². The molecule has 0 aliphatic heterocycles. The van der Waals surface area contributed by atoms with Crippen LogP contribution >= 0.6 is 0 Å². The van der Waals surface area contributed by atoms with Crippen LogP contribution in [0.2, 0.25) is 0 Å². The third kappa shape index (κ3) is 4.14. The summed E-state index contributed by atoms with van der Waals surface area (Å²) >= 11 is 0. The molecule has 2 aromatic rings. The predicted octanol–water partition coefficient (Wildman–Crippen LogP) is 3.30. The van der Waals surface area contributed by atoms with E-state index in [2.05, 4.69) is 24.4 Å². The van der Waals surface area contributed by atoms with E-state index < -0.39 is 0 Å². The molecule has 2 rings (SSSR count). The molecule has 0 saturated carbocycles. The molecule has 20 heavy (non-hydrogen) atoms. The molecule has 0 aliphatic rings. The molecule has 108 valence electrons. The molecular formula is C17H23NO2. The highest BCUT2D eigenvalue weighted by Gasteiger charge is 2.13. The predicted molar refractivity (Wildman–Crippen MR) is 81.1 cm³/mol. The summed E-state index contributed by atoms with van der Waals surface area (Å²) in [7, 11) is 1.73. The normalized spacial score (nSPS) is 12.3. The molecule has 1 N–H and O–H groups in total. The van der Waals surface area contributed by atoms with Gasteiger partial charge in [-0.2, -0.15) is 0 Å². The first kappa shape index (κ1) is 14.7. The van der Waals surface area contributed by atoms with Gasteiger partial charge in [0.2, 0.25) is 0 Å². The molecular weight excluding hydrogens is 250 g/mol. The third-order valence-electron chi connectivity index (χ3n) is 3.49. The number of nitrogens with one attached hydrogen (secondary N) is 1. The molecule has 1 unspecified atom stereocenters. The maximum Gasteiger partial charge on any atom is 0.122 e. The second-order valence-corrected chi connectivity index (χ2v) is 5.03. The van der Waals surface area contributed by atoms with Crippen LogP contribution in [0.3, 0.4) is 0 Å². The average Bonchev–Trinajstić information content (AvgIpc) is 2.98. The molecule has 1 aromatic carbocycles. The minimum absolute atomic E-state index is 0.531. The molecule has 1 heterocycles. The van der Waals surface area contributed by atoms with Gasteiger partial charge in [0.05, 0.1) is 19.6 Å². The Hall–Kier alpha value is -1.74. The lowest BCUT2D eigenvalue weighted by Gasteiger charge is -2.18. The van der Waals surface area contributed by atoms with Gasteiger partial charge in [-0.25, -0.2) is 0 Å². The number of methoxy groups -OCH3 is 1. The standard InChI is InChI=1S/C17H23NO2/c1-3-18-12-15(10-14-8-9-20-13-14)11-16-6-4-5-7-17(16)19-2/h4-9,13,15,18H,3,10-12H2,1-2H3. The van der Waals surface area contributed by atoms with Crippen molar-refractivity contribution < 1.29 is 9.15 Å². The zero-order valence-electron chi connectivity index (χ0n) is 12.3. The van der Waals surface area contributed by atoms with Crippen molar-refractivity contribution in [2.24, 2.45) is 5.92 Å². The topological polar surface area (TPSA) is 34.4 Å².